The van der Waals surface area contributed by atoms with E-state index in [0.29, 0.717) is 0 Å². The number of fused-ring (bicyclic) bond motifs is 8. The number of para-hydroxylation sites is 4. The van der Waals surface area contributed by atoms with E-state index in [2.05, 4.69) is 228 Å². The van der Waals surface area contributed by atoms with Crippen LogP contribution in [0.4, 0.5) is 0 Å². The lowest BCUT2D eigenvalue weighted by molar-refractivity contribution is 1.18. The zero-order valence-electron chi connectivity index (χ0n) is 33.5. The van der Waals surface area contributed by atoms with Gasteiger partial charge in [-0.3, -0.25) is 0 Å². The highest BCUT2D eigenvalue weighted by Crippen LogP contribution is 2.51. The van der Waals surface area contributed by atoms with Gasteiger partial charge in [-0.05, 0) is 82.9 Å². The maximum atomic E-state index is 2.47. The van der Waals surface area contributed by atoms with Gasteiger partial charge in [0.25, 0.3) is 0 Å². The fraction of sp³-hybridized carbons (Fsp3) is 0. The Morgan fingerprint density at radius 2 is 0.565 bits per heavy atom. The molecule has 0 aliphatic rings. The van der Waals surface area contributed by atoms with Crippen LogP contribution in [0.15, 0.2) is 218 Å². The van der Waals surface area contributed by atoms with Gasteiger partial charge in [0.05, 0.1) is 22.1 Å². The van der Waals surface area contributed by atoms with Crippen molar-refractivity contribution < 1.29 is 0 Å². The van der Waals surface area contributed by atoms with Gasteiger partial charge in [0, 0.05) is 74.0 Å². The maximum Gasteiger partial charge on any atom is 0.0541 e. The van der Waals surface area contributed by atoms with Crippen molar-refractivity contribution in [2.24, 2.45) is 0 Å². The molecule has 13 rings (SSSR count). The SMILES string of the molecule is c1ccc(-c2sc3cc4c(-c5ccc(-n6c7ccccc7c7ccccc76)cc5)c(-c5ccccc5)sc4cc3c2-c2ccc(-n3c4ccccc4c4ccccc43)cc2)cc1. The zero-order valence-corrected chi connectivity index (χ0v) is 35.1. The predicted molar refractivity (Wildman–Crippen MR) is 268 cm³/mol. The average Bonchev–Trinajstić information content (AvgIpc) is 4.09. The molecule has 0 unspecified atom stereocenters. The summed E-state index contributed by atoms with van der Waals surface area (Å²) in [6.07, 6.45) is 0. The predicted octanol–water partition coefficient (Wildman–Crippen LogP) is 17.0. The van der Waals surface area contributed by atoms with Crippen LogP contribution in [0.25, 0.3) is 118 Å². The fourth-order valence-corrected chi connectivity index (χ4v) is 12.3. The Morgan fingerprint density at radius 1 is 0.258 bits per heavy atom. The molecule has 290 valence electrons. The Morgan fingerprint density at radius 3 is 0.903 bits per heavy atom. The summed E-state index contributed by atoms with van der Waals surface area (Å²) >= 11 is 3.80. The number of benzene rings is 9. The topological polar surface area (TPSA) is 9.86 Å². The molecule has 0 spiro atoms. The van der Waals surface area contributed by atoms with Crippen molar-refractivity contribution >= 4 is 86.5 Å². The van der Waals surface area contributed by atoms with Crippen LogP contribution in [0, 0.1) is 0 Å². The number of hydrogen-bond donors (Lipinski definition) is 0. The van der Waals surface area contributed by atoms with Crippen LogP contribution in [-0.4, -0.2) is 9.13 Å². The van der Waals surface area contributed by atoms with E-state index in [1.807, 2.05) is 22.7 Å². The van der Waals surface area contributed by atoms with Gasteiger partial charge < -0.3 is 9.13 Å². The smallest absolute Gasteiger partial charge is 0.0541 e. The van der Waals surface area contributed by atoms with Crippen LogP contribution in [0.3, 0.4) is 0 Å². The lowest BCUT2D eigenvalue weighted by atomic mass is 9.95. The van der Waals surface area contributed by atoms with Gasteiger partial charge in [0.15, 0.2) is 0 Å². The van der Waals surface area contributed by atoms with Gasteiger partial charge in [0.2, 0.25) is 0 Å². The van der Waals surface area contributed by atoms with E-state index >= 15 is 0 Å². The molecular formula is C58H36N2S2. The van der Waals surface area contributed by atoms with Gasteiger partial charge in [-0.1, -0.05) is 158 Å². The first-order valence-corrected chi connectivity index (χ1v) is 22.7. The van der Waals surface area contributed by atoms with E-state index in [0.717, 1.165) is 11.4 Å². The minimum Gasteiger partial charge on any atom is -0.309 e. The van der Waals surface area contributed by atoms with Crippen molar-refractivity contribution in [2.75, 3.05) is 0 Å². The fourth-order valence-electron chi connectivity index (χ4n) is 9.80. The standard InChI is InChI=1S/C58H36N2S2/c1-3-15-39(16-4-1)57-55(37-27-31-41(32-28-37)59-49-23-11-7-19-43(49)44-20-8-12-24-50(44)59)47-35-54-48(36-53(47)61-57)56(58(62-54)40-17-5-2-6-18-40)38-29-33-42(34-30-38)60-51-25-13-9-21-45(51)46-22-10-14-26-52(46)60/h1-36H. The number of aromatic nitrogens is 2. The van der Waals surface area contributed by atoms with Crippen molar-refractivity contribution in [3.8, 4) is 54.5 Å². The van der Waals surface area contributed by atoms with Crippen LogP contribution >= 0.6 is 22.7 Å². The molecule has 0 bridgehead atoms. The minimum absolute atomic E-state index is 1.16. The molecule has 0 saturated heterocycles. The van der Waals surface area contributed by atoms with Gasteiger partial charge in [-0.25, -0.2) is 0 Å². The molecule has 0 amide bonds. The molecule has 9 aromatic carbocycles. The molecule has 0 aliphatic carbocycles. The van der Waals surface area contributed by atoms with Crippen molar-refractivity contribution in [3.63, 3.8) is 0 Å². The van der Waals surface area contributed by atoms with Crippen molar-refractivity contribution in [1.82, 2.24) is 9.13 Å². The lowest BCUT2D eigenvalue weighted by Gasteiger charge is -2.11. The third-order valence-corrected chi connectivity index (χ3v) is 15.0. The molecule has 4 aromatic heterocycles. The van der Waals surface area contributed by atoms with Crippen LogP contribution in [-0.2, 0) is 0 Å². The monoisotopic (exact) mass is 824 g/mol. The number of thiophene rings is 2. The minimum atomic E-state index is 1.16. The Hall–Kier alpha value is -7.50. The first-order chi connectivity index (χ1) is 30.8. The second-order valence-corrected chi connectivity index (χ2v) is 18.1. The molecule has 4 heteroatoms. The zero-order chi connectivity index (χ0) is 40.7. The molecule has 0 atom stereocenters. The summed E-state index contributed by atoms with van der Waals surface area (Å²) in [5.74, 6) is 0. The van der Waals surface area contributed by atoms with Gasteiger partial charge in [-0.2, -0.15) is 0 Å². The van der Waals surface area contributed by atoms with Crippen LogP contribution in [0.1, 0.15) is 0 Å². The summed E-state index contributed by atoms with van der Waals surface area (Å²) in [5.41, 5.74) is 14.7. The molecule has 0 aliphatic heterocycles. The highest BCUT2D eigenvalue weighted by Gasteiger charge is 2.22. The van der Waals surface area contributed by atoms with E-state index in [-0.39, 0.29) is 0 Å². The average molecular weight is 825 g/mol. The van der Waals surface area contributed by atoms with E-state index < -0.39 is 0 Å². The van der Waals surface area contributed by atoms with Crippen molar-refractivity contribution in [2.45, 2.75) is 0 Å². The van der Waals surface area contributed by atoms with Crippen LogP contribution in [0.2, 0.25) is 0 Å². The third-order valence-electron chi connectivity index (χ3n) is 12.6. The van der Waals surface area contributed by atoms with E-state index in [1.54, 1.807) is 0 Å². The van der Waals surface area contributed by atoms with Crippen molar-refractivity contribution in [1.29, 1.82) is 0 Å². The number of rotatable bonds is 6. The molecule has 0 fully saturated rings. The summed E-state index contributed by atoms with van der Waals surface area (Å²) in [6.45, 7) is 0. The Bertz CT molecular complexity index is 3470. The summed E-state index contributed by atoms with van der Waals surface area (Å²) < 4.78 is 7.38. The Kier molecular flexibility index (Phi) is 7.99. The first kappa shape index (κ1) is 35.3. The van der Waals surface area contributed by atoms with Crippen LogP contribution in [0.5, 0.6) is 0 Å². The second-order valence-electron chi connectivity index (χ2n) is 16.0. The molecular weight excluding hydrogens is 789 g/mol. The third kappa shape index (κ3) is 5.41. The lowest BCUT2D eigenvalue weighted by Crippen LogP contribution is -1.93. The second kappa shape index (κ2) is 14.0. The van der Waals surface area contributed by atoms with Gasteiger partial charge >= 0.3 is 0 Å². The first-order valence-electron chi connectivity index (χ1n) is 21.1. The number of hydrogen-bond acceptors (Lipinski definition) is 2. The quantitative estimate of drug-likeness (QED) is 0.158. The summed E-state index contributed by atoms with van der Waals surface area (Å²) in [4.78, 5) is 2.59. The highest BCUT2D eigenvalue weighted by atomic mass is 32.1. The molecule has 0 radical (unpaired) electrons. The molecule has 0 saturated carbocycles. The van der Waals surface area contributed by atoms with Gasteiger partial charge in [0.1, 0.15) is 0 Å². The Balaban J connectivity index is 0.989. The summed E-state index contributed by atoms with van der Waals surface area (Å²) in [6, 6.07) is 80.2. The molecule has 62 heavy (non-hydrogen) atoms. The molecule has 13 aromatic rings. The van der Waals surface area contributed by atoms with Gasteiger partial charge in [-0.15, -0.1) is 22.7 Å². The molecule has 4 heterocycles. The molecule has 2 nitrogen and oxygen atoms in total. The van der Waals surface area contributed by atoms with E-state index in [9.17, 15) is 0 Å². The summed E-state index contributed by atoms with van der Waals surface area (Å²) in [5, 5.41) is 7.68. The highest BCUT2D eigenvalue weighted by molar-refractivity contribution is 7.24. The van der Waals surface area contributed by atoms with Crippen molar-refractivity contribution in [3.05, 3.63) is 218 Å². The molecule has 0 N–H and O–H groups in total. The number of nitrogens with zero attached hydrogens (tertiary/aromatic N) is 2. The largest absolute Gasteiger partial charge is 0.309 e. The van der Waals surface area contributed by atoms with Crippen LogP contribution < -0.4 is 0 Å². The maximum absolute atomic E-state index is 2.47. The Labute approximate surface area is 366 Å². The van der Waals surface area contributed by atoms with E-state index in [4.69, 9.17) is 0 Å². The normalized spacial score (nSPS) is 11.9. The van der Waals surface area contributed by atoms with E-state index in [1.165, 1.54) is 107 Å². The summed E-state index contributed by atoms with van der Waals surface area (Å²) in [7, 11) is 0.